The fourth-order valence-corrected chi connectivity index (χ4v) is 7.05. The van der Waals surface area contributed by atoms with E-state index in [0.717, 1.165) is 44.8 Å². The van der Waals surface area contributed by atoms with Gasteiger partial charge in [0.15, 0.2) is 0 Å². The van der Waals surface area contributed by atoms with Crippen molar-refractivity contribution in [1.29, 1.82) is 0 Å². The van der Waals surface area contributed by atoms with E-state index in [2.05, 4.69) is 118 Å². The van der Waals surface area contributed by atoms with Gasteiger partial charge in [-0.2, -0.15) is 0 Å². The smallest absolute Gasteiger partial charge is 0.108 e. The predicted molar refractivity (Wildman–Crippen MR) is 153 cm³/mol. The van der Waals surface area contributed by atoms with E-state index < -0.39 is 0 Å². The summed E-state index contributed by atoms with van der Waals surface area (Å²) in [5, 5.41) is 4.60. The Morgan fingerprint density at radius 2 is 1.14 bits per heavy atom. The summed E-state index contributed by atoms with van der Waals surface area (Å²) in [6.45, 7) is 0. The van der Waals surface area contributed by atoms with Crippen molar-refractivity contribution in [3.8, 4) is 0 Å². The summed E-state index contributed by atoms with van der Waals surface area (Å²) in [6.07, 6.45) is 12.7. The molecule has 0 radical (unpaired) electrons. The highest BCUT2D eigenvalue weighted by Crippen LogP contribution is 2.42. The average Bonchev–Trinajstić information content (AvgIpc) is 3.68. The van der Waals surface area contributed by atoms with Crippen LogP contribution in [0, 0.1) is 0 Å². The second-order valence-corrected chi connectivity index (χ2v) is 11.1. The van der Waals surface area contributed by atoms with Gasteiger partial charge in [0.25, 0.3) is 0 Å². The van der Waals surface area contributed by atoms with Crippen LogP contribution in [0.25, 0.3) is 46.4 Å². The number of aromatic amines is 2. The van der Waals surface area contributed by atoms with Crippen molar-refractivity contribution in [3.63, 3.8) is 0 Å². The lowest BCUT2D eigenvalue weighted by Crippen LogP contribution is -2.13. The Labute approximate surface area is 217 Å². The number of hydrogen-bond acceptors (Lipinski definition) is 6. The van der Waals surface area contributed by atoms with Crippen LogP contribution >= 0.6 is 23.5 Å². The molecule has 2 atom stereocenters. The summed E-state index contributed by atoms with van der Waals surface area (Å²) < 4.78 is 0. The molecule has 0 fully saturated rings. The van der Waals surface area contributed by atoms with Crippen molar-refractivity contribution in [2.24, 2.45) is 0 Å². The van der Waals surface area contributed by atoms with E-state index in [9.17, 15) is 0 Å². The summed E-state index contributed by atoms with van der Waals surface area (Å²) in [6, 6.07) is 12.8. The van der Waals surface area contributed by atoms with Gasteiger partial charge in [-0.3, -0.25) is 0 Å². The van der Waals surface area contributed by atoms with Crippen molar-refractivity contribution >= 4 is 69.9 Å². The van der Waals surface area contributed by atoms with Crippen LogP contribution in [0.3, 0.4) is 0 Å². The molecule has 3 aromatic heterocycles. The van der Waals surface area contributed by atoms with E-state index in [-0.39, 0.29) is 10.7 Å². The second-order valence-electron chi connectivity index (χ2n) is 9.16. The van der Waals surface area contributed by atoms with Crippen molar-refractivity contribution < 1.29 is 0 Å². The molecule has 0 aliphatic carbocycles. The van der Waals surface area contributed by atoms with Crippen LogP contribution in [0.2, 0.25) is 0 Å². The molecule has 0 saturated carbocycles. The van der Waals surface area contributed by atoms with Crippen molar-refractivity contribution in [1.82, 2.24) is 29.7 Å². The predicted octanol–water partition coefficient (Wildman–Crippen LogP) is 6.95. The Hall–Kier alpha value is -3.62. The summed E-state index contributed by atoms with van der Waals surface area (Å²) >= 11 is 3.59. The highest BCUT2D eigenvalue weighted by molar-refractivity contribution is 8.02. The molecule has 0 amide bonds. The van der Waals surface area contributed by atoms with Crippen molar-refractivity contribution in [3.05, 3.63) is 93.5 Å². The monoisotopic (exact) mass is 508 g/mol. The van der Waals surface area contributed by atoms with Crippen molar-refractivity contribution in [2.45, 2.75) is 10.7 Å². The van der Waals surface area contributed by atoms with Gasteiger partial charge >= 0.3 is 0 Å². The number of nitrogens with one attached hydrogen (secondary N) is 2. The molecular weight excluding hydrogens is 484 g/mol. The number of thioether (sulfide) groups is 2. The molecule has 4 aliphatic heterocycles. The van der Waals surface area contributed by atoms with Gasteiger partial charge in [-0.15, -0.1) is 23.5 Å². The highest BCUT2D eigenvalue weighted by atomic mass is 32.2. The lowest BCUT2D eigenvalue weighted by Gasteiger charge is -2.21. The summed E-state index contributed by atoms with van der Waals surface area (Å²) in [7, 11) is 4.22. The van der Waals surface area contributed by atoms with Crippen LogP contribution < -0.4 is 0 Å². The first-order valence-electron chi connectivity index (χ1n) is 11.8. The maximum absolute atomic E-state index is 5.04. The highest BCUT2D eigenvalue weighted by Gasteiger charge is 2.25. The topological polar surface area (TPSA) is 63.8 Å². The van der Waals surface area contributed by atoms with Gasteiger partial charge in [0, 0.05) is 59.7 Å². The molecule has 7 rings (SSSR count). The van der Waals surface area contributed by atoms with E-state index >= 15 is 0 Å². The Morgan fingerprint density at radius 1 is 0.667 bits per heavy atom. The minimum atomic E-state index is 0.158. The lowest BCUT2D eigenvalue weighted by molar-refractivity contribution is 0.449. The Bertz CT molecular complexity index is 1530. The molecule has 0 spiro atoms. The molecule has 8 heteroatoms. The first-order valence-corrected chi connectivity index (χ1v) is 13.7. The van der Waals surface area contributed by atoms with Crippen LogP contribution in [0.15, 0.2) is 59.6 Å². The Morgan fingerprint density at radius 3 is 1.56 bits per heavy atom. The summed E-state index contributed by atoms with van der Waals surface area (Å²) in [5.41, 5.74) is 10.4. The second kappa shape index (κ2) is 8.50. The van der Waals surface area contributed by atoms with E-state index in [1.807, 2.05) is 0 Å². The normalized spacial score (nSPS) is 20.3. The van der Waals surface area contributed by atoms with E-state index in [1.54, 1.807) is 23.5 Å². The standard InChI is InChI=1S/C28H24N6S2/c1-33-11-13-35-27(33)25-21-7-3-17(29-21)15-19-5-9-23(31-19)26(28-34(2)12-14-36-28)24-10-6-20(32-24)16-18-4-8-22(25)30-18/h3-16,27-29,32H,1-2H3. The molecule has 7 heterocycles. The molecular formula is C28H24N6S2. The zero-order chi connectivity index (χ0) is 24.2. The fraction of sp³-hybridized carbons (Fsp3) is 0.143. The third-order valence-electron chi connectivity index (χ3n) is 6.72. The number of aromatic nitrogens is 4. The Balaban J connectivity index is 1.53. The van der Waals surface area contributed by atoms with Gasteiger partial charge < -0.3 is 19.8 Å². The van der Waals surface area contributed by atoms with Crippen molar-refractivity contribution in [2.75, 3.05) is 14.1 Å². The SMILES string of the molecule is CN1C=CSC1c1c2nc(cc3ccc([nH]3)c(C3SC=CN3C)c3nc(cc4ccc1[nH]4)C=C3)C=C2. The van der Waals surface area contributed by atoms with Gasteiger partial charge in [0.05, 0.1) is 22.8 Å². The third kappa shape index (κ3) is 3.68. The summed E-state index contributed by atoms with van der Waals surface area (Å²) in [4.78, 5) is 21.8. The summed E-state index contributed by atoms with van der Waals surface area (Å²) in [5.74, 6) is 0. The number of fused-ring (bicyclic) bond motifs is 8. The number of nitrogens with zero attached hydrogens (tertiary/aromatic N) is 4. The van der Waals surface area contributed by atoms with E-state index in [0.29, 0.717) is 0 Å². The first kappa shape index (κ1) is 21.6. The van der Waals surface area contributed by atoms with Gasteiger partial charge in [0.1, 0.15) is 10.7 Å². The largest absolute Gasteiger partial charge is 0.364 e. The van der Waals surface area contributed by atoms with E-state index in [1.165, 1.54) is 11.1 Å². The average molecular weight is 509 g/mol. The number of H-pyrrole nitrogens is 2. The van der Waals surface area contributed by atoms with Crippen LogP contribution in [0.4, 0.5) is 0 Å². The molecule has 36 heavy (non-hydrogen) atoms. The van der Waals surface area contributed by atoms with Crippen LogP contribution in [-0.4, -0.2) is 43.8 Å². The maximum Gasteiger partial charge on any atom is 0.108 e. The van der Waals surface area contributed by atoms with Crippen LogP contribution in [0.5, 0.6) is 0 Å². The molecule has 178 valence electrons. The van der Waals surface area contributed by atoms with Crippen LogP contribution in [0.1, 0.15) is 44.7 Å². The first-order chi connectivity index (χ1) is 17.6. The molecule has 2 unspecified atom stereocenters. The fourth-order valence-electron chi connectivity index (χ4n) is 4.94. The minimum absolute atomic E-state index is 0.158. The van der Waals surface area contributed by atoms with E-state index in [4.69, 9.17) is 9.97 Å². The third-order valence-corrected chi connectivity index (χ3v) is 8.93. The quantitative estimate of drug-likeness (QED) is 0.269. The molecule has 8 bridgehead atoms. The Kier molecular flexibility index (Phi) is 5.11. The molecule has 2 N–H and O–H groups in total. The molecule has 0 aromatic carbocycles. The van der Waals surface area contributed by atoms with Gasteiger partial charge in [-0.25, -0.2) is 9.97 Å². The van der Waals surface area contributed by atoms with Crippen LogP contribution in [-0.2, 0) is 0 Å². The zero-order valence-electron chi connectivity index (χ0n) is 19.8. The molecule has 6 nitrogen and oxygen atoms in total. The molecule has 3 aromatic rings. The minimum Gasteiger partial charge on any atom is -0.364 e. The number of rotatable bonds is 2. The van der Waals surface area contributed by atoms with Gasteiger partial charge in [-0.05, 0) is 71.5 Å². The molecule has 4 aliphatic rings. The lowest BCUT2D eigenvalue weighted by atomic mass is 10.2. The molecule has 0 saturated heterocycles. The maximum atomic E-state index is 5.04. The van der Waals surface area contributed by atoms with Gasteiger partial charge in [-0.1, -0.05) is 0 Å². The zero-order valence-corrected chi connectivity index (χ0v) is 21.5. The van der Waals surface area contributed by atoms with Gasteiger partial charge in [0.2, 0.25) is 0 Å². The number of hydrogen-bond donors (Lipinski definition) is 2.